The number of ether oxygens (including phenoxy) is 1. The van der Waals surface area contributed by atoms with E-state index in [-0.39, 0.29) is 0 Å². The summed E-state index contributed by atoms with van der Waals surface area (Å²) in [5, 5.41) is 4.22. The molecule has 1 aliphatic rings. The Bertz CT molecular complexity index is 462. The zero-order valence-corrected chi connectivity index (χ0v) is 11.9. The first-order chi connectivity index (χ1) is 9.22. The van der Waals surface area contributed by atoms with Crippen molar-refractivity contribution < 1.29 is 4.74 Å². The van der Waals surface area contributed by atoms with Crippen molar-refractivity contribution in [3.63, 3.8) is 0 Å². The lowest BCUT2D eigenvalue weighted by Gasteiger charge is -2.31. The van der Waals surface area contributed by atoms with Crippen molar-refractivity contribution in [1.29, 1.82) is 0 Å². The fourth-order valence-corrected chi connectivity index (χ4v) is 2.50. The zero-order valence-electron chi connectivity index (χ0n) is 11.2. The van der Waals surface area contributed by atoms with Crippen LogP contribution in [0.2, 0.25) is 5.02 Å². The highest BCUT2D eigenvalue weighted by molar-refractivity contribution is 6.33. The van der Waals surface area contributed by atoms with E-state index in [0.717, 1.165) is 48.9 Å². The maximum Gasteiger partial charge on any atom is 0.121 e. The number of likely N-dealkylation sites (tertiary alicyclic amines) is 1. The van der Waals surface area contributed by atoms with E-state index >= 15 is 0 Å². The van der Waals surface area contributed by atoms with E-state index in [1.54, 1.807) is 7.11 Å². The SMILES string of the molecule is C#CCN1CCC(Nc2cc(OC)ccc2Cl)CC1. The smallest absolute Gasteiger partial charge is 0.121 e. The fraction of sp³-hybridized carbons (Fsp3) is 0.467. The molecule has 1 N–H and O–H groups in total. The number of terminal acetylenes is 1. The first-order valence-corrected chi connectivity index (χ1v) is 6.86. The highest BCUT2D eigenvalue weighted by Gasteiger charge is 2.19. The van der Waals surface area contributed by atoms with Gasteiger partial charge in [0.15, 0.2) is 0 Å². The van der Waals surface area contributed by atoms with E-state index in [2.05, 4.69) is 16.1 Å². The summed E-state index contributed by atoms with van der Waals surface area (Å²) >= 11 is 6.20. The Labute approximate surface area is 119 Å². The van der Waals surface area contributed by atoms with Crippen molar-refractivity contribution in [2.45, 2.75) is 18.9 Å². The van der Waals surface area contributed by atoms with E-state index in [4.69, 9.17) is 22.8 Å². The molecule has 4 heteroatoms. The van der Waals surface area contributed by atoms with Gasteiger partial charge in [0.05, 0.1) is 24.4 Å². The minimum atomic E-state index is 0.443. The molecule has 0 aromatic heterocycles. The highest BCUT2D eigenvalue weighted by Crippen LogP contribution is 2.28. The minimum Gasteiger partial charge on any atom is -0.497 e. The summed E-state index contributed by atoms with van der Waals surface area (Å²) in [6.07, 6.45) is 7.49. The van der Waals surface area contributed by atoms with Crippen LogP contribution in [0, 0.1) is 12.3 Å². The van der Waals surface area contributed by atoms with Gasteiger partial charge < -0.3 is 10.1 Å². The van der Waals surface area contributed by atoms with E-state index in [0.29, 0.717) is 6.04 Å². The van der Waals surface area contributed by atoms with Crippen LogP contribution in [0.3, 0.4) is 0 Å². The molecule has 0 atom stereocenters. The number of benzene rings is 1. The predicted molar refractivity (Wildman–Crippen MR) is 79.9 cm³/mol. The Kier molecular flexibility index (Phi) is 4.95. The number of hydrogen-bond acceptors (Lipinski definition) is 3. The molecule has 102 valence electrons. The summed E-state index contributed by atoms with van der Waals surface area (Å²) in [5.41, 5.74) is 0.941. The maximum atomic E-state index is 6.20. The monoisotopic (exact) mass is 278 g/mol. The summed E-state index contributed by atoms with van der Waals surface area (Å²) in [6, 6.07) is 6.11. The molecule has 0 unspecified atom stereocenters. The van der Waals surface area contributed by atoms with Crippen LogP contribution in [0.15, 0.2) is 18.2 Å². The van der Waals surface area contributed by atoms with Crippen molar-refractivity contribution in [2.75, 3.05) is 32.1 Å². The second-order valence-corrected chi connectivity index (χ2v) is 5.15. The van der Waals surface area contributed by atoms with Crippen LogP contribution in [0.4, 0.5) is 5.69 Å². The molecule has 0 saturated carbocycles. The summed E-state index contributed by atoms with van der Waals surface area (Å²) in [5.74, 6) is 3.51. The third-order valence-corrected chi connectivity index (χ3v) is 3.77. The van der Waals surface area contributed by atoms with Crippen LogP contribution in [0.5, 0.6) is 5.75 Å². The van der Waals surface area contributed by atoms with Crippen LogP contribution in [0.25, 0.3) is 0 Å². The minimum absolute atomic E-state index is 0.443. The molecular formula is C15H19ClN2O. The van der Waals surface area contributed by atoms with Crippen LogP contribution in [-0.4, -0.2) is 37.7 Å². The van der Waals surface area contributed by atoms with E-state index < -0.39 is 0 Å². The number of nitrogens with zero attached hydrogens (tertiary/aromatic N) is 1. The third kappa shape index (κ3) is 3.79. The van der Waals surface area contributed by atoms with Crippen molar-refractivity contribution in [3.05, 3.63) is 23.2 Å². The van der Waals surface area contributed by atoms with Crippen molar-refractivity contribution in [2.24, 2.45) is 0 Å². The Hall–Kier alpha value is -1.37. The molecule has 0 spiro atoms. The first kappa shape index (κ1) is 14.0. The highest BCUT2D eigenvalue weighted by atomic mass is 35.5. The number of halogens is 1. The van der Waals surface area contributed by atoms with Gasteiger partial charge in [0.25, 0.3) is 0 Å². The molecule has 0 bridgehead atoms. The second-order valence-electron chi connectivity index (χ2n) is 4.74. The van der Waals surface area contributed by atoms with E-state index in [9.17, 15) is 0 Å². The third-order valence-electron chi connectivity index (χ3n) is 3.44. The lowest BCUT2D eigenvalue weighted by atomic mass is 10.0. The zero-order chi connectivity index (χ0) is 13.7. The lowest BCUT2D eigenvalue weighted by Crippen LogP contribution is -2.39. The van der Waals surface area contributed by atoms with Crippen molar-refractivity contribution in [3.8, 4) is 18.1 Å². The molecule has 0 aliphatic carbocycles. The summed E-state index contributed by atoms with van der Waals surface area (Å²) < 4.78 is 5.22. The number of hydrogen-bond donors (Lipinski definition) is 1. The number of rotatable bonds is 4. The van der Waals surface area contributed by atoms with E-state index in [1.807, 2.05) is 18.2 Å². The molecule has 1 aliphatic heterocycles. The molecule has 1 heterocycles. The quantitative estimate of drug-likeness (QED) is 0.857. The number of nitrogens with one attached hydrogen (secondary N) is 1. The normalized spacial score (nSPS) is 16.9. The Balaban J connectivity index is 1.94. The molecule has 0 amide bonds. The lowest BCUT2D eigenvalue weighted by molar-refractivity contribution is 0.243. The number of anilines is 1. The Morgan fingerprint density at radius 3 is 2.84 bits per heavy atom. The molecule has 3 nitrogen and oxygen atoms in total. The molecule has 2 rings (SSSR count). The molecular weight excluding hydrogens is 260 g/mol. The summed E-state index contributed by atoms with van der Waals surface area (Å²) in [7, 11) is 1.66. The maximum absolute atomic E-state index is 6.20. The van der Waals surface area contributed by atoms with Crippen molar-refractivity contribution >= 4 is 17.3 Å². The average Bonchev–Trinajstić information content (AvgIpc) is 2.44. The molecule has 1 aromatic carbocycles. The molecule has 1 fully saturated rings. The Morgan fingerprint density at radius 1 is 1.47 bits per heavy atom. The second kappa shape index (κ2) is 6.70. The summed E-state index contributed by atoms with van der Waals surface area (Å²) in [4.78, 5) is 2.30. The van der Waals surface area contributed by atoms with Crippen LogP contribution >= 0.6 is 11.6 Å². The molecule has 1 saturated heterocycles. The molecule has 1 aromatic rings. The molecule has 0 radical (unpaired) electrons. The number of methoxy groups -OCH3 is 1. The standard InChI is InChI=1S/C15H19ClN2O/c1-3-8-18-9-6-12(7-10-18)17-15-11-13(19-2)4-5-14(15)16/h1,4-5,11-12,17H,6-10H2,2H3. The summed E-state index contributed by atoms with van der Waals surface area (Å²) in [6.45, 7) is 2.81. The van der Waals surface area contributed by atoms with Gasteiger partial charge in [0.1, 0.15) is 5.75 Å². The van der Waals surface area contributed by atoms with Gasteiger partial charge in [-0.25, -0.2) is 0 Å². The van der Waals surface area contributed by atoms with Gasteiger partial charge in [-0.05, 0) is 25.0 Å². The van der Waals surface area contributed by atoms with Gasteiger partial charge in [0, 0.05) is 25.2 Å². The first-order valence-electron chi connectivity index (χ1n) is 6.49. The Morgan fingerprint density at radius 2 is 2.21 bits per heavy atom. The molecule has 19 heavy (non-hydrogen) atoms. The van der Waals surface area contributed by atoms with Crippen LogP contribution < -0.4 is 10.1 Å². The van der Waals surface area contributed by atoms with E-state index in [1.165, 1.54) is 0 Å². The van der Waals surface area contributed by atoms with Gasteiger partial charge in [-0.15, -0.1) is 6.42 Å². The largest absolute Gasteiger partial charge is 0.497 e. The average molecular weight is 279 g/mol. The van der Waals surface area contributed by atoms with Gasteiger partial charge >= 0.3 is 0 Å². The van der Waals surface area contributed by atoms with Gasteiger partial charge in [-0.2, -0.15) is 0 Å². The topological polar surface area (TPSA) is 24.5 Å². The van der Waals surface area contributed by atoms with Gasteiger partial charge in [0.2, 0.25) is 0 Å². The fourth-order valence-electron chi connectivity index (χ4n) is 2.33. The van der Waals surface area contributed by atoms with Gasteiger partial charge in [-0.3, -0.25) is 4.90 Å². The van der Waals surface area contributed by atoms with Crippen molar-refractivity contribution in [1.82, 2.24) is 4.90 Å². The van der Waals surface area contributed by atoms with Crippen LogP contribution in [-0.2, 0) is 0 Å². The van der Waals surface area contributed by atoms with Gasteiger partial charge in [-0.1, -0.05) is 17.5 Å². The number of piperidine rings is 1. The van der Waals surface area contributed by atoms with Crippen LogP contribution in [0.1, 0.15) is 12.8 Å². The predicted octanol–water partition coefficient (Wildman–Crippen LogP) is 2.86.